The summed E-state index contributed by atoms with van der Waals surface area (Å²) >= 11 is 1.47. The van der Waals surface area contributed by atoms with Crippen LogP contribution in [0.25, 0.3) is 0 Å². The first kappa shape index (κ1) is 19.0. The van der Waals surface area contributed by atoms with Crippen LogP contribution in [0.15, 0.2) is 24.3 Å². The van der Waals surface area contributed by atoms with Crippen molar-refractivity contribution < 1.29 is 22.7 Å². The van der Waals surface area contributed by atoms with Gasteiger partial charge in [0.25, 0.3) is 0 Å². The standard InChI is InChI=1S/C17H22F3NO2S/c1-12(16(22)21-14-5-3-2-4-6-14)24-11-13-7-9-15(10-8-13)23-17(18,19)20/h7-10,12,14H,2-6,11H2,1H3,(H,21,22). The first-order valence-electron chi connectivity index (χ1n) is 8.10. The highest BCUT2D eigenvalue weighted by atomic mass is 32.2. The van der Waals surface area contributed by atoms with Gasteiger partial charge in [-0.1, -0.05) is 31.4 Å². The molecule has 2 rings (SSSR count). The van der Waals surface area contributed by atoms with Crippen molar-refractivity contribution in [1.29, 1.82) is 0 Å². The number of carbonyl (C=O) groups is 1. The Balaban J connectivity index is 1.76. The average molecular weight is 361 g/mol. The van der Waals surface area contributed by atoms with E-state index >= 15 is 0 Å². The lowest BCUT2D eigenvalue weighted by Crippen LogP contribution is -2.40. The maximum Gasteiger partial charge on any atom is 0.573 e. The molecule has 1 atom stereocenters. The fourth-order valence-electron chi connectivity index (χ4n) is 2.65. The van der Waals surface area contributed by atoms with E-state index in [9.17, 15) is 18.0 Å². The van der Waals surface area contributed by atoms with Gasteiger partial charge in [0, 0.05) is 11.8 Å². The summed E-state index contributed by atoms with van der Waals surface area (Å²) in [6.07, 6.45) is 0.984. The SMILES string of the molecule is CC(SCc1ccc(OC(F)(F)F)cc1)C(=O)NC1CCCCC1. The number of amides is 1. The van der Waals surface area contributed by atoms with E-state index in [0.717, 1.165) is 18.4 Å². The number of alkyl halides is 3. The minimum atomic E-state index is -4.68. The molecule has 0 aromatic heterocycles. The number of rotatable bonds is 6. The number of carbonyl (C=O) groups excluding carboxylic acids is 1. The van der Waals surface area contributed by atoms with Crippen LogP contribution in [-0.4, -0.2) is 23.6 Å². The van der Waals surface area contributed by atoms with Gasteiger partial charge in [0.05, 0.1) is 5.25 Å². The number of benzene rings is 1. The zero-order chi connectivity index (χ0) is 17.6. The van der Waals surface area contributed by atoms with Crippen LogP contribution < -0.4 is 10.1 Å². The predicted octanol–water partition coefficient (Wildman–Crippen LogP) is 4.66. The van der Waals surface area contributed by atoms with Crippen LogP contribution in [0, 0.1) is 0 Å². The van der Waals surface area contributed by atoms with E-state index < -0.39 is 6.36 Å². The molecule has 1 fully saturated rings. The lowest BCUT2D eigenvalue weighted by Gasteiger charge is -2.24. The molecule has 3 nitrogen and oxygen atoms in total. The second-order valence-corrected chi connectivity index (χ2v) is 7.32. The van der Waals surface area contributed by atoms with E-state index in [0.29, 0.717) is 5.75 Å². The smallest absolute Gasteiger partial charge is 0.406 e. The average Bonchev–Trinajstić information content (AvgIpc) is 2.53. The maximum atomic E-state index is 12.2. The van der Waals surface area contributed by atoms with Gasteiger partial charge in [-0.15, -0.1) is 24.9 Å². The number of ether oxygens (including phenoxy) is 1. The van der Waals surface area contributed by atoms with Gasteiger partial charge in [-0.3, -0.25) is 4.79 Å². The fourth-order valence-corrected chi connectivity index (χ4v) is 3.50. The molecule has 7 heteroatoms. The Morgan fingerprint density at radius 1 is 1.25 bits per heavy atom. The molecular formula is C17H22F3NO2S. The molecule has 1 aromatic rings. The van der Waals surface area contributed by atoms with Crippen LogP contribution in [0.5, 0.6) is 5.75 Å². The normalized spacial score (nSPS) is 17.3. The topological polar surface area (TPSA) is 38.3 Å². The Bertz CT molecular complexity index is 528. The van der Waals surface area contributed by atoms with Crippen molar-refractivity contribution in [3.05, 3.63) is 29.8 Å². The lowest BCUT2D eigenvalue weighted by atomic mass is 9.95. The second kappa shape index (κ2) is 8.65. The molecule has 0 radical (unpaired) electrons. The van der Waals surface area contributed by atoms with Gasteiger partial charge in [-0.05, 0) is 37.5 Å². The number of thioether (sulfide) groups is 1. The molecule has 1 amide bonds. The largest absolute Gasteiger partial charge is 0.573 e. The highest BCUT2D eigenvalue weighted by Gasteiger charge is 2.31. The number of hydrogen-bond acceptors (Lipinski definition) is 3. The Labute approximate surface area is 144 Å². The van der Waals surface area contributed by atoms with Gasteiger partial charge in [0.2, 0.25) is 5.91 Å². The molecule has 0 aliphatic heterocycles. The fraction of sp³-hybridized carbons (Fsp3) is 0.588. The number of hydrogen-bond donors (Lipinski definition) is 1. The summed E-state index contributed by atoms with van der Waals surface area (Å²) in [6, 6.07) is 6.03. The first-order chi connectivity index (χ1) is 11.3. The van der Waals surface area contributed by atoms with E-state index in [1.807, 2.05) is 6.92 Å². The van der Waals surface area contributed by atoms with Crippen LogP contribution in [0.2, 0.25) is 0 Å². The van der Waals surface area contributed by atoms with E-state index in [-0.39, 0.29) is 22.9 Å². The van der Waals surface area contributed by atoms with Gasteiger partial charge < -0.3 is 10.1 Å². The molecule has 24 heavy (non-hydrogen) atoms. The quantitative estimate of drug-likeness (QED) is 0.801. The molecule has 0 heterocycles. The summed E-state index contributed by atoms with van der Waals surface area (Å²) in [5.74, 6) is 0.356. The molecular weight excluding hydrogens is 339 g/mol. The third-order valence-corrected chi connectivity index (χ3v) is 5.19. The van der Waals surface area contributed by atoms with Crippen LogP contribution in [0.3, 0.4) is 0 Å². The molecule has 0 spiro atoms. The Morgan fingerprint density at radius 3 is 2.46 bits per heavy atom. The van der Waals surface area contributed by atoms with Crippen molar-refractivity contribution in [2.75, 3.05) is 0 Å². The highest BCUT2D eigenvalue weighted by Crippen LogP contribution is 2.25. The summed E-state index contributed by atoms with van der Waals surface area (Å²) in [5, 5.41) is 2.89. The molecule has 0 saturated heterocycles. The maximum absolute atomic E-state index is 12.2. The van der Waals surface area contributed by atoms with Crippen molar-refractivity contribution in [1.82, 2.24) is 5.32 Å². The third-order valence-electron chi connectivity index (χ3n) is 3.98. The van der Waals surface area contributed by atoms with Crippen LogP contribution >= 0.6 is 11.8 Å². The third kappa shape index (κ3) is 6.63. The monoisotopic (exact) mass is 361 g/mol. The van der Waals surface area contributed by atoms with Crippen LogP contribution in [-0.2, 0) is 10.5 Å². The second-order valence-electron chi connectivity index (χ2n) is 5.99. The van der Waals surface area contributed by atoms with E-state index in [1.165, 1.54) is 43.2 Å². The molecule has 1 N–H and O–H groups in total. The summed E-state index contributed by atoms with van der Waals surface area (Å²) in [5.41, 5.74) is 0.854. The Morgan fingerprint density at radius 2 is 1.88 bits per heavy atom. The van der Waals surface area contributed by atoms with Crippen LogP contribution in [0.1, 0.15) is 44.6 Å². The lowest BCUT2D eigenvalue weighted by molar-refractivity contribution is -0.274. The van der Waals surface area contributed by atoms with Gasteiger partial charge in [-0.25, -0.2) is 0 Å². The predicted molar refractivity (Wildman–Crippen MR) is 88.9 cm³/mol. The molecule has 1 unspecified atom stereocenters. The minimum Gasteiger partial charge on any atom is -0.406 e. The number of halogens is 3. The molecule has 134 valence electrons. The van der Waals surface area contributed by atoms with Crippen molar-refractivity contribution in [2.24, 2.45) is 0 Å². The highest BCUT2D eigenvalue weighted by molar-refractivity contribution is 7.99. The van der Waals surface area contributed by atoms with Crippen molar-refractivity contribution in [2.45, 2.75) is 62.4 Å². The number of nitrogens with one attached hydrogen (secondary N) is 1. The molecule has 1 saturated carbocycles. The van der Waals surface area contributed by atoms with Crippen molar-refractivity contribution in [3.8, 4) is 5.75 Å². The van der Waals surface area contributed by atoms with E-state index in [4.69, 9.17) is 0 Å². The first-order valence-corrected chi connectivity index (χ1v) is 9.15. The van der Waals surface area contributed by atoms with Crippen LogP contribution in [0.4, 0.5) is 13.2 Å². The summed E-state index contributed by atoms with van der Waals surface area (Å²) in [4.78, 5) is 12.2. The minimum absolute atomic E-state index is 0.0314. The molecule has 0 bridgehead atoms. The van der Waals surface area contributed by atoms with Gasteiger partial charge >= 0.3 is 6.36 Å². The summed E-state index contributed by atoms with van der Waals surface area (Å²) in [6.45, 7) is 1.85. The molecule has 1 aliphatic rings. The summed E-state index contributed by atoms with van der Waals surface area (Å²) < 4.78 is 40.2. The van der Waals surface area contributed by atoms with E-state index in [1.54, 1.807) is 12.1 Å². The zero-order valence-electron chi connectivity index (χ0n) is 13.6. The molecule has 1 aromatic carbocycles. The van der Waals surface area contributed by atoms with Gasteiger partial charge in [0.1, 0.15) is 5.75 Å². The van der Waals surface area contributed by atoms with E-state index in [2.05, 4.69) is 10.1 Å². The van der Waals surface area contributed by atoms with Gasteiger partial charge in [-0.2, -0.15) is 0 Å². The van der Waals surface area contributed by atoms with Crippen molar-refractivity contribution in [3.63, 3.8) is 0 Å². The zero-order valence-corrected chi connectivity index (χ0v) is 14.4. The Kier molecular flexibility index (Phi) is 6.83. The Hall–Kier alpha value is -1.37. The molecule has 1 aliphatic carbocycles. The summed E-state index contributed by atoms with van der Waals surface area (Å²) in [7, 11) is 0. The van der Waals surface area contributed by atoms with Crippen molar-refractivity contribution >= 4 is 17.7 Å². The van der Waals surface area contributed by atoms with Gasteiger partial charge in [0.15, 0.2) is 0 Å².